The first-order chi connectivity index (χ1) is 7.83. The molecule has 1 atom stereocenters. The number of rotatable bonds is 5. The van der Waals surface area contributed by atoms with Gasteiger partial charge in [0.25, 0.3) is 0 Å². The van der Waals surface area contributed by atoms with Gasteiger partial charge in [0.15, 0.2) is 0 Å². The molecule has 0 amide bonds. The molecule has 1 unspecified atom stereocenters. The summed E-state index contributed by atoms with van der Waals surface area (Å²) in [4.78, 5) is 5.45. The van der Waals surface area contributed by atoms with Crippen molar-refractivity contribution < 1.29 is 0 Å². The van der Waals surface area contributed by atoms with Crippen LogP contribution in [0.2, 0.25) is 0 Å². The smallest absolute Gasteiger partial charge is 0.146 e. The van der Waals surface area contributed by atoms with Crippen LogP contribution in [-0.2, 0) is 0 Å². The van der Waals surface area contributed by atoms with Crippen LogP contribution < -0.4 is 5.32 Å². The van der Waals surface area contributed by atoms with Crippen LogP contribution >= 0.6 is 27.3 Å². The number of hydrogen-bond donors (Lipinski definition) is 2. The maximum atomic E-state index is 4.22. The number of aromatic amines is 1. The van der Waals surface area contributed by atoms with Crippen molar-refractivity contribution >= 4 is 27.3 Å². The third-order valence-corrected chi connectivity index (χ3v) is 4.15. The Kier molecular flexibility index (Phi) is 4.09. The summed E-state index contributed by atoms with van der Waals surface area (Å²) in [5, 5.41) is 12.4. The second-order valence-electron chi connectivity index (χ2n) is 3.39. The van der Waals surface area contributed by atoms with Gasteiger partial charge in [0, 0.05) is 9.35 Å². The molecule has 4 nitrogen and oxygen atoms in total. The minimum absolute atomic E-state index is 0.0943. The Labute approximate surface area is 107 Å². The summed E-state index contributed by atoms with van der Waals surface area (Å²) in [5.74, 6) is 0.858. The fraction of sp³-hybridized carbons (Fsp3) is 0.400. The molecule has 0 saturated carbocycles. The normalized spacial score (nSPS) is 12.9. The van der Waals surface area contributed by atoms with Crippen molar-refractivity contribution in [1.82, 2.24) is 20.5 Å². The molecule has 16 heavy (non-hydrogen) atoms. The van der Waals surface area contributed by atoms with Crippen molar-refractivity contribution in [3.63, 3.8) is 0 Å². The molecule has 0 bridgehead atoms. The Hall–Kier alpha value is -0.720. The molecule has 2 rings (SSSR count). The third-order valence-electron chi connectivity index (χ3n) is 2.21. The molecule has 2 N–H and O–H groups in total. The molecular weight excluding hydrogens is 288 g/mol. The molecule has 0 saturated heterocycles. The summed E-state index contributed by atoms with van der Waals surface area (Å²) in [6, 6.07) is 2.15. The van der Waals surface area contributed by atoms with Gasteiger partial charge >= 0.3 is 0 Å². The summed E-state index contributed by atoms with van der Waals surface area (Å²) >= 11 is 5.26. The molecule has 0 aliphatic carbocycles. The van der Waals surface area contributed by atoms with Crippen molar-refractivity contribution in [3.05, 3.63) is 32.9 Å². The molecule has 6 heteroatoms. The second kappa shape index (κ2) is 5.56. The standard InChI is InChI=1S/C10H13BrN4S/c1-2-4-12-8(10-13-6-14-15-10)9-7(11)3-5-16-9/h3,5-6,8,12H,2,4H2,1H3,(H,13,14,15). The van der Waals surface area contributed by atoms with Crippen molar-refractivity contribution in [2.75, 3.05) is 6.54 Å². The average Bonchev–Trinajstić information content (AvgIpc) is 2.91. The van der Waals surface area contributed by atoms with Gasteiger partial charge in [0.05, 0.1) is 0 Å². The first-order valence-electron chi connectivity index (χ1n) is 5.14. The topological polar surface area (TPSA) is 53.6 Å². The zero-order valence-corrected chi connectivity index (χ0v) is 11.3. The van der Waals surface area contributed by atoms with E-state index in [1.807, 2.05) is 0 Å². The highest BCUT2D eigenvalue weighted by molar-refractivity contribution is 9.10. The second-order valence-corrected chi connectivity index (χ2v) is 5.19. The Balaban J connectivity index is 2.25. The number of thiophene rings is 1. The minimum Gasteiger partial charge on any atom is -0.303 e. The van der Waals surface area contributed by atoms with Crippen LogP contribution in [0.15, 0.2) is 22.2 Å². The van der Waals surface area contributed by atoms with E-state index in [0.29, 0.717) is 0 Å². The number of hydrogen-bond acceptors (Lipinski definition) is 4. The number of nitrogens with one attached hydrogen (secondary N) is 2. The van der Waals surface area contributed by atoms with Crippen LogP contribution in [0.3, 0.4) is 0 Å². The van der Waals surface area contributed by atoms with Gasteiger partial charge in [-0.05, 0) is 40.3 Å². The molecule has 2 aromatic rings. The lowest BCUT2D eigenvalue weighted by atomic mass is 10.2. The third kappa shape index (κ3) is 2.50. The molecule has 0 spiro atoms. The van der Waals surface area contributed by atoms with Crippen molar-refractivity contribution in [2.45, 2.75) is 19.4 Å². The van der Waals surface area contributed by atoms with E-state index in [4.69, 9.17) is 0 Å². The fourth-order valence-corrected chi connectivity index (χ4v) is 3.15. The van der Waals surface area contributed by atoms with E-state index in [0.717, 1.165) is 23.3 Å². The van der Waals surface area contributed by atoms with Crippen LogP contribution in [-0.4, -0.2) is 21.7 Å². The molecule has 0 aliphatic heterocycles. The molecule has 2 heterocycles. The van der Waals surface area contributed by atoms with Crippen LogP contribution in [0, 0.1) is 0 Å². The molecular formula is C10H13BrN4S. The number of aromatic nitrogens is 3. The van der Waals surface area contributed by atoms with Gasteiger partial charge in [-0.15, -0.1) is 11.3 Å². The Morgan fingerprint density at radius 2 is 2.50 bits per heavy atom. The molecule has 86 valence electrons. The maximum absolute atomic E-state index is 4.22. The number of H-pyrrole nitrogens is 1. The highest BCUT2D eigenvalue weighted by Gasteiger charge is 2.19. The van der Waals surface area contributed by atoms with Gasteiger partial charge in [-0.1, -0.05) is 6.92 Å². The average molecular weight is 301 g/mol. The summed E-state index contributed by atoms with van der Waals surface area (Å²) < 4.78 is 1.11. The lowest BCUT2D eigenvalue weighted by molar-refractivity contribution is 0.579. The van der Waals surface area contributed by atoms with E-state index < -0.39 is 0 Å². The molecule has 0 aromatic carbocycles. The van der Waals surface area contributed by atoms with Crippen LogP contribution in [0.25, 0.3) is 0 Å². The summed E-state index contributed by atoms with van der Waals surface area (Å²) in [6.07, 6.45) is 2.63. The lowest BCUT2D eigenvalue weighted by Gasteiger charge is -2.14. The number of nitrogens with zero attached hydrogens (tertiary/aromatic N) is 2. The highest BCUT2D eigenvalue weighted by atomic mass is 79.9. The Bertz CT molecular complexity index is 426. The van der Waals surface area contributed by atoms with E-state index in [-0.39, 0.29) is 6.04 Å². The van der Waals surface area contributed by atoms with Gasteiger partial charge in [0.1, 0.15) is 18.2 Å². The van der Waals surface area contributed by atoms with Crippen molar-refractivity contribution in [3.8, 4) is 0 Å². The predicted octanol–water partition coefficient (Wildman–Crippen LogP) is 2.72. The SMILES string of the molecule is CCCNC(c1ncn[nH]1)c1sccc1Br. The van der Waals surface area contributed by atoms with Crippen LogP contribution in [0.4, 0.5) is 0 Å². The quantitative estimate of drug-likeness (QED) is 0.893. The minimum atomic E-state index is 0.0943. The Morgan fingerprint density at radius 1 is 1.62 bits per heavy atom. The van der Waals surface area contributed by atoms with Gasteiger partial charge in [-0.2, -0.15) is 5.10 Å². The Morgan fingerprint density at radius 3 is 3.06 bits per heavy atom. The molecule has 0 fully saturated rings. The maximum Gasteiger partial charge on any atom is 0.146 e. The predicted molar refractivity (Wildman–Crippen MR) is 68.5 cm³/mol. The first-order valence-corrected chi connectivity index (χ1v) is 6.81. The zero-order valence-electron chi connectivity index (χ0n) is 8.90. The van der Waals surface area contributed by atoms with Crippen molar-refractivity contribution in [1.29, 1.82) is 0 Å². The molecule has 0 aliphatic rings. The summed E-state index contributed by atoms with van der Waals surface area (Å²) in [7, 11) is 0. The van der Waals surface area contributed by atoms with E-state index in [2.05, 4.69) is 54.8 Å². The van der Waals surface area contributed by atoms with Gasteiger partial charge < -0.3 is 5.32 Å². The van der Waals surface area contributed by atoms with Crippen LogP contribution in [0.1, 0.15) is 30.1 Å². The summed E-state index contributed by atoms with van der Waals surface area (Å²) in [6.45, 7) is 3.10. The molecule has 2 aromatic heterocycles. The highest BCUT2D eigenvalue weighted by Crippen LogP contribution is 2.31. The van der Waals surface area contributed by atoms with Crippen molar-refractivity contribution in [2.24, 2.45) is 0 Å². The van der Waals surface area contributed by atoms with E-state index in [1.54, 1.807) is 11.3 Å². The fourth-order valence-electron chi connectivity index (χ4n) is 1.47. The monoisotopic (exact) mass is 300 g/mol. The number of halogens is 1. The lowest BCUT2D eigenvalue weighted by Crippen LogP contribution is -2.23. The first kappa shape index (κ1) is 11.8. The van der Waals surface area contributed by atoms with Gasteiger partial charge in [-0.3, -0.25) is 5.10 Å². The largest absolute Gasteiger partial charge is 0.303 e. The van der Waals surface area contributed by atoms with E-state index in [9.17, 15) is 0 Å². The van der Waals surface area contributed by atoms with Gasteiger partial charge in [-0.25, -0.2) is 4.98 Å². The van der Waals surface area contributed by atoms with Crippen LogP contribution in [0.5, 0.6) is 0 Å². The van der Waals surface area contributed by atoms with Gasteiger partial charge in [0.2, 0.25) is 0 Å². The zero-order chi connectivity index (χ0) is 11.4. The van der Waals surface area contributed by atoms with E-state index >= 15 is 0 Å². The molecule has 0 radical (unpaired) electrons. The van der Waals surface area contributed by atoms with E-state index in [1.165, 1.54) is 11.2 Å². The summed E-state index contributed by atoms with van der Waals surface area (Å²) in [5.41, 5.74) is 0.